The summed E-state index contributed by atoms with van der Waals surface area (Å²) in [5.41, 5.74) is 0.734. The predicted molar refractivity (Wildman–Crippen MR) is 87.5 cm³/mol. The molecule has 0 spiro atoms. The molecular weight excluding hydrogens is 296 g/mol. The number of hydrogen-bond donors (Lipinski definition) is 1. The third-order valence-corrected chi connectivity index (χ3v) is 4.10. The summed E-state index contributed by atoms with van der Waals surface area (Å²) in [6.07, 6.45) is 3.39. The molecule has 1 aliphatic heterocycles. The average molecular weight is 320 g/mol. The lowest BCUT2D eigenvalue weighted by molar-refractivity contribution is -0.142. The quantitative estimate of drug-likeness (QED) is 0.813. The Kier molecular flexibility index (Phi) is 6.40. The van der Waals surface area contributed by atoms with E-state index in [9.17, 15) is 9.59 Å². The molecule has 1 heterocycles. The second-order valence-corrected chi connectivity index (χ2v) is 5.68. The third kappa shape index (κ3) is 5.25. The van der Waals surface area contributed by atoms with E-state index in [4.69, 9.17) is 9.47 Å². The maximum atomic E-state index is 12.2. The molecule has 1 saturated heterocycles. The summed E-state index contributed by atoms with van der Waals surface area (Å²) in [6, 6.07) is 7.29. The molecule has 1 amide bonds. The van der Waals surface area contributed by atoms with Crippen LogP contribution in [0.4, 0.5) is 5.69 Å². The second kappa shape index (κ2) is 8.53. The first-order valence-electron chi connectivity index (χ1n) is 7.87. The van der Waals surface area contributed by atoms with Gasteiger partial charge in [0.1, 0.15) is 5.75 Å². The van der Waals surface area contributed by atoms with Crippen molar-refractivity contribution < 1.29 is 19.1 Å². The molecule has 1 aliphatic rings. The van der Waals surface area contributed by atoms with Crippen molar-refractivity contribution in [3.05, 3.63) is 24.3 Å². The first kappa shape index (κ1) is 17.3. The van der Waals surface area contributed by atoms with E-state index in [1.54, 1.807) is 31.4 Å². The number of ether oxygens (including phenoxy) is 2. The molecule has 1 atom stereocenters. The molecule has 1 fully saturated rings. The summed E-state index contributed by atoms with van der Waals surface area (Å²) in [6.45, 7) is 1.12. The van der Waals surface area contributed by atoms with Crippen molar-refractivity contribution in [2.45, 2.75) is 31.7 Å². The van der Waals surface area contributed by atoms with Crippen LogP contribution in [0.25, 0.3) is 0 Å². The summed E-state index contributed by atoms with van der Waals surface area (Å²) in [4.78, 5) is 25.8. The van der Waals surface area contributed by atoms with Gasteiger partial charge >= 0.3 is 5.97 Å². The minimum Gasteiger partial charge on any atom is -0.497 e. The predicted octanol–water partition coefficient (Wildman–Crippen LogP) is 2.05. The molecule has 23 heavy (non-hydrogen) atoms. The van der Waals surface area contributed by atoms with Gasteiger partial charge in [-0.25, -0.2) is 0 Å². The molecule has 0 aliphatic carbocycles. The fourth-order valence-electron chi connectivity index (χ4n) is 2.83. The fourth-order valence-corrected chi connectivity index (χ4v) is 2.83. The number of piperidine rings is 1. The van der Waals surface area contributed by atoms with Crippen LogP contribution >= 0.6 is 0 Å². The molecular formula is C17H24N2O4. The van der Waals surface area contributed by atoms with Gasteiger partial charge in [-0.3, -0.25) is 14.5 Å². The van der Waals surface area contributed by atoms with Gasteiger partial charge in [-0.1, -0.05) is 6.42 Å². The summed E-state index contributed by atoms with van der Waals surface area (Å²) < 4.78 is 9.84. The Hall–Kier alpha value is -2.08. The topological polar surface area (TPSA) is 67.9 Å². The van der Waals surface area contributed by atoms with Crippen molar-refractivity contribution >= 4 is 17.6 Å². The standard InChI is InChI=1S/C17H24N2O4/c1-22-15-8-6-13(7-9-15)18-16(20)12-19-10-4-3-5-14(19)11-17(21)23-2/h6-9,14H,3-5,10-12H2,1-2H3,(H,18,20). The van der Waals surface area contributed by atoms with Gasteiger partial charge in [0, 0.05) is 11.7 Å². The van der Waals surface area contributed by atoms with Crippen molar-refractivity contribution in [1.29, 1.82) is 0 Å². The van der Waals surface area contributed by atoms with Gasteiger partial charge in [0.15, 0.2) is 0 Å². The van der Waals surface area contributed by atoms with Crippen LogP contribution in [0.5, 0.6) is 5.75 Å². The van der Waals surface area contributed by atoms with Gasteiger partial charge in [0.25, 0.3) is 0 Å². The van der Waals surface area contributed by atoms with Crippen molar-refractivity contribution in [2.24, 2.45) is 0 Å². The number of esters is 1. The summed E-state index contributed by atoms with van der Waals surface area (Å²) >= 11 is 0. The Morgan fingerprint density at radius 2 is 1.96 bits per heavy atom. The van der Waals surface area contributed by atoms with E-state index in [-0.39, 0.29) is 24.5 Å². The molecule has 0 aromatic heterocycles. The van der Waals surface area contributed by atoms with E-state index in [0.29, 0.717) is 6.42 Å². The SMILES string of the molecule is COC(=O)CC1CCCCN1CC(=O)Nc1ccc(OC)cc1. The maximum Gasteiger partial charge on any atom is 0.307 e. The Morgan fingerprint density at radius 3 is 2.61 bits per heavy atom. The maximum absolute atomic E-state index is 12.2. The largest absolute Gasteiger partial charge is 0.497 e. The first-order chi connectivity index (χ1) is 11.1. The van der Waals surface area contributed by atoms with E-state index >= 15 is 0 Å². The molecule has 1 aromatic carbocycles. The zero-order valence-corrected chi connectivity index (χ0v) is 13.7. The molecule has 6 heteroatoms. The van der Waals surface area contributed by atoms with Crippen LogP contribution < -0.4 is 10.1 Å². The first-order valence-corrected chi connectivity index (χ1v) is 7.87. The smallest absolute Gasteiger partial charge is 0.307 e. The lowest BCUT2D eigenvalue weighted by Crippen LogP contribution is -2.45. The number of nitrogens with zero attached hydrogens (tertiary/aromatic N) is 1. The number of methoxy groups -OCH3 is 2. The number of nitrogens with one attached hydrogen (secondary N) is 1. The molecule has 126 valence electrons. The molecule has 2 rings (SSSR count). The van der Waals surface area contributed by atoms with Crippen molar-refractivity contribution in [2.75, 3.05) is 32.6 Å². The zero-order chi connectivity index (χ0) is 16.7. The van der Waals surface area contributed by atoms with E-state index in [2.05, 4.69) is 10.2 Å². The lowest BCUT2D eigenvalue weighted by Gasteiger charge is -2.34. The Bertz CT molecular complexity index is 530. The minimum absolute atomic E-state index is 0.0769. The van der Waals surface area contributed by atoms with Crippen LogP contribution in [0, 0.1) is 0 Å². The summed E-state index contributed by atoms with van der Waals surface area (Å²) in [7, 11) is 3.00. The number of likely N-dealkylation sites (tertiary alicyclic amines) is 1. The number of amides is 1. The van der Waals surface area contributed by atoms with Crippen LogP contribution in [-0.4, -0.2) is 50.1 Å². The Morgan fingerprint density at radius 1 is 1.22 bits per heavy atom. The molecule has 0 bridgehead atoms. The van der Waals surface area contributed by atoms with Crippen LogP contribution in [-0.2, 0) is 14.3 Å². The minimum atomic E-state index is -0.225. The van der Waals surface area contributed by atoms with Crippen molar-refractivity contribution in [3.63, 3.8) is 0 Å². The highest BCUT2D eigenvalue weighted by Gasteiger charge is 2.26. The van der Waals surface area contributed by atoms with Crippen LogP contribution in [0.3, 0.4) is 0 Å². The molecule has 1 N–H and O–H groups in total. The monoisotopic (exact) mass is 320 g/mol. The second-order valence-electron chi connectivity index (χ2n) is 5.68. The van der Waals surface area contributed by atoms with Crippen LogP contribution in [0.1, 0.15) is 25.7 Å². The number of rotatable bonds is 6. The highest BCUT2D eigenvalue weighted by atomic mass is 16.5. The molecule has 6 nitrogen and oxygen atoms in total. The summed E-state index contributed by atoms with van der Waals surface area (Å²) in [5, 5.41) is 2.88. The summed E-state index contributed by atoms with van der Waals surface area (Å²) in [5.74, 6) is 0.446. The number of carbonyl (C=O) groups is 2. The zero-order valence-electron chi connectivity index (χ0n) is 13.7. The number of hydrogen-bond acceptors (Lipinski definition) is 5. The van der Waals surface area contributed by atoms with E-state index in [0.717, 1.165) is 37.2 Å². The van der Waals surface area contributed by atoms with E-state index in [1.807, 2.05) is 0 Å². The van der Waals surface area contributed by atoms with Gasteiger partial charge in [-0.15, -0.1) is 0 Å². The normalized spacial score (nSPS) is 18.3. The molecule has 1 aromatic rings. The van der Waals surface area contributed by atoms with Crippen LogP contribution in [0.2, 0.25) is 0 Å². The van der Waals surface area contributed by atoms with Gasteiger partial charge in [0.2, 0.25) is 5.91 Å². The Balaban J connectivity index is 1.89. The van der Waals surface area contributed by atoms with Gasteiger partial charge in [-0.2, -0.15) is 0 Å². The van der Waals surface area contributed by atoms with Crippen molar-refractivity contribution in [1.82, 2.24) is 4.90 Å². The fraction of sp³-hybridized carbons (Fsp3) is 0.529. The van der Waals surface area contributed by atoms with Crippen molar-refractivity contribution in [3.8, 4) is 5.75 Å². The van der Waals surface area contributed by atoms with Gasteiger partial charge < -0.3 is 14.8 Å². The van der Waals surface area contributed by atoms with E-state index in [1.165, 1.54) is 7.11 Å². The number of carbonyl (C=O) groups excluding carboxylic acids is 2. The van der Waals surface area contributed by atoms with Gasteiger partial charge in [0.05, 0.1) is 27.2 Å². The lowest BCUT2D eigenvalue weighted by atomic mass is 9.99. The number of anilines is 1. The third-order valence-electron chi connectivity index (χ3n) is 4.10. The highest BCUT2D eigenvalue weighted by Crippen LogP contribution is 2.20. The van der Waals surface area contributed by atoms with E-state index < -0.39 is 0 Å². The average Bonchev–Trinajstić information content (AvgIpc) is 2.57. The Labute approximate surface area is 136 Å². The van der Waals surface area contributed by atoms with Crippen LogP contribution in [0.15, 0.2) is 24.3 Å². The highest BCUT2D eigenvalue weighted by molar-refractivity contribution is 5.92. The van der Waals surface area contributed by atoms with Gasteiger partial charge in [-0.05, 0) is 43.7 Å². The number of benzene rings is 1. The molecule has 0 saturated carbocycles. The molecule has 1 unspecified atom stereocenters. The molecule has 0 radical (unpaired) electrons.